The summed E-state index contributed by atoms with van der Waals surface area (Å²) in [4.78, 5) is 13.4. The molecule has 3 heteroatoms. The van der Waals surface area contributed by atoms with E-state index in [1.807, 2.05) is 12.1 Å². The van der Waals surface area contributed by atoms with E-state index in [1.165, 1.54) is 22.3 Å². The van der Waals surface area contributed by atoms with Crippen LogP contribution in [0.1, 0.15) is 32.6 Å². The maximum atomic E-state index is 11.2. The van der Waals surface area contributed by atoms with Gasteiger partial charge in [0.15, 0.2) is 0 Å². The molecule has 0 heterocycles. The first-order chi connectivity index (χ1) is 12.3. The molecule has 0 spiro atoms. The van der Waals surface area contributed by atoms with Crippen LogP contribution in [0.3, 0.4) is 0 Å². The summed E-state index contributed by atoms with van der Waals surface area (Å²) in [5.41, 5.74) is 8.12. The number of anilines is 3. The third-order valence-electron chi connectivity index (χ3n) is 4.30. The van der Waals surface area contributed by atoms with Gasteiger partial charge in [0.1, 0.15) is 0 Å². The van der Waals surface area contributed by atoms with Crippen molar-refractivity contribution in [3.05, 3.63) is 88.5 Å². The van der Waals surface area contributed by atoms with Crippen LogP contribution in [0.15, 0.2) is 60.7 Å². The lowest BCUT2D eigenvalue weighted by Gasteiger charge is -2.27. The zero-order valence-corrected chi connectivity index (χ0v) is 15.6. The Morgan fingerprint density at radius 3 is 1.38 bits per heavy atom. The average molecular weight is 345 g/mol. The van der Waals surface area contributed by atoms with Crippen LogP contribution >= 0.6 is 0 Å². The van der Waals surface area contributed by atoms with E-state index in [4.69, 9.17) is 0 Å². The minimum absolute atomic E-state index is 0.287. The molecule has 26 heavy (non-hydrogen) atoms. The van der Waals surface area contributed by atoms with E-state index >= 15 is 0 Å². The third-order valence-corrected chi connectivity index (χ3v) is 4.30. The minimum Gasteiger partial charge on any atom is -0.478 e. The highest BCUT2D eigenvalue weighted by molar-refractivity contribution is 5.89. The number of rotatable bonds is 4. The Bertz CT molecular complexity index is 866. The van der Waals surface area contributed by atoms with Gasteiger partial charge >= 0.3 is 5.97 Å². The molecule has 0 amide bonds. The van der Waals surface area contributed by atoms with Crippen molar-refractivity contribution in [1.29, 1.82) is 0 Å². The van der Waals surface area contributed by atoms with Gasteiger partial charge in [-0.15, -0.1) is 0 Å². The Kier molecular flexibility index (Phi) is 4.81. The van der Waals surface area contributed by atoms with Gasteiger partial charge in [0.05, 0.1) is 5.56 Å². The van der Waals surface area contributed by atoms with Crippen LogP contribution in [0.5, 0.6) is 0 Å². The highest BCUT2D eigenvalue weighted by atomic mass is 16.4. The van der Waals surface area contributed by atoms with Gasteiger partial charge in [-0.1, -0.05) is 12.1 Å². The number of aryl methyl sites for hydroxylation is 4. The van der Waals surface area contributed by atoms with Crippen molar-refractivity contribution in [3.8, 4) is 0 Å². The quantitative estimate of drug-likeness (QED) is 0.622. The summed E-state index contributed by atoms with van der Waals surface area (Å²) in [6.45, 7) is 8.35. The summed E-state index contributed by atoms with van der Waals surface area (Å²) in [5.74, 6) is -0.916. The predicted molar refractivity (Wildman–Crippen MR) is 107 cm³/mol. The first kappa shape index (κ1) is 17.7. The van der Waals surface area contributed by atoms with E-state index in [-0.39, 0.29) is 5.56 Å². The second-order valence-corrected chi connectivity index (χ2v) is 6.88. The van der Waals surface area contributed by atoms with Crippen molar-refractivity contribution in [1.82, 2.24) is 0 Å². The van der Waals surface area contributed by atoms with Gasteiger partial charge < -0.3 is 10.0 Å². The summed E-state index contributed by atoms with van der Waals surface area (Å²) in [5, 5.41) is 9.18. The van der Waals surface area contributed by atoms with Crippen LogP contribution in [0, 0.1) is 27.7 Å². The van der Waals surface area contributed by atoms with E-state index in [0.29, 0.717) is 0 Å². The molecule has 0 saturated heterocycles. The first-order valence-electron chi connectivity index (χ1n) is 8.63. The molecule has 3 aromatic rings. The smallest absolute Gasteiger partial charge is 0.335 e. The lowest BCUT2D eigenvalue weighted by atomic mass is 10.1. The molecular formula is C23H23NO2. The predicted octanol–water partition coefficient (Wildman–Crippen LogP) is 6.09. The Hall–Kier alpha value is -3.07. The largest absolute Gasteiger partial charge is 0.478 e. The van der Waals surface area contributed by atoms with Crippen LogP contribution in [0.2, 0.25) is 0 Å². The van der Waals surface area contributed by atoms with E-state index < -0.39 is 5.97 Å². The zero-order valence-electron chi connectivity index (χ0n) is 15.6. The van der Waals surface area contributed by atoms with Crippen molar-refractivity contribution in [2.24, 2.45) is 0 Å². The molecule has 0 aromatic heterocycles. The van der Waals surface area contributed by atoms with Crippen LogP contribution in [0.25, 0.3) is 0 Å². The molecule has 0 aliphatic carbocycles. The molecule has 3 rings (SSSR count). The molecule has 132 valence electrons. The molecule has 0 saturated carbocycles. The van der Waals surface area contributed by atoms with Crippen molar-refractivity contribution >= 4 is 23.0 Å². The monoisotopic (exact) mass is 345 g/mol. The Morgan fingerprint density at radius 2 is 1.04 bits per heavy atom. The van der Waals surface area contributed by atoms with Gasteiger partial charge in [0, 0.05) is 17.1 Å². The number of aromatic carboxylic acids is 1. The maximum absolute atomic E-state index is 11.2. The third kappa shape index (κ3) is 3.77. The van der Waals surface area contributed by atoms with Crippen LogP contribution < -0.4 is 4.90 Å². The molecule has 0 radical (unpaired) electrons. The van der Waals surface area contributed by atoms with Gasteiger partial charge in [-0.3, -0.25) is 0 Å². The van der Waals surface area contributed by atoms with Gasteiger partial charge in [0.2, 0.25) is 0 Å². The number of carboxylic acid groups (broad SMARTS) is 1. The normalized spacial score (nSPS) is 10.6. The molecule has 3 nitrogen and oxygen atoms in total. The van der Waals surface area contributed by atoms with Crippen LogP contribution in [0.4, 0.5) is 17.1 Å². The second kappa shape index (κ2) is 7.04. The average Bonchev–Trinajstić information content (AvgIpc) is 2.53. The van der Waals surface area contributed by atoms with Crippen molar-refractivity contribution in [2.75, 3.05) is 4.90 Å². The number of carboxylic acids is 1. The SMILES string of the molecule is Cc1cc(C)cc(N(c2ccc(C(=O)O)cc2)c2cc(C)cc(C)c2)c1. The number of benzene rings is 3. The zero-order chi connectivity index (χ0) is 18.8. The highest BCUT2D eigenvalue weighted by Gasteiger charge is 2.15. The molecular weight excluding hydrogens is 322 g/mol. The van der Waals surface area contributed by atoms with Gasteiger partial charge in [-0.05, 0) is 98.5 Å². The van der Waals surface area contributed by atoms with E-state index in [9.17, 15) is 9.90 Å². The fraction of sp³-hybridized carbons (Fsp3) is 0.174. The lowest BCUT2D eigenvalue weighted by molar-refractivity contribution is 0.0697. The van der Waals surface area contributed by atoms with Crippen molar-refractivity contribution in [2.45, 2.75) is 27.7 Å². The first-order valence-corrected chi connectivity index (χ1v) is 8.63. The molecule has 0 aliphatic heterocycles. The Labute approximate surface area is 154 Å². The highest BCUT2D eigenvalue weighted by Crippen LogP contribution is 2.36. The number of hydrogen-bond acceptors (Lipinski definition) is 2. The Morgan fingerprint density at radius 1 is 0.654 bits per heavy atom. The number of nitrogens with zero attached hydrogens (tertiary/aromatic N) is 1. The van der Waals surface area contributed by atoms with Gasteiger partial charge in [0.25, 0.3) is 0 Å². The standard InChI is InChI=1S/C23H23NO2/c1-15-9-16(2)12-21(11-15)24(22-13-17(3)10-18(4)14-22)20-7-5-19(6-8-20)23(25)26/h5-14H,1-4H3,(H,25,26). The molecule has 0 fully saturated rings. The number of hydrogen-bond donors (Lipinski definition) is 1. The summed E-state index contributed by atoms with van der Waals surface area (Å²) in [6.07, 6.45) is 0. The minimum atomic E-state index is -0.916. The molecule has 0 atom stereocenters. The van der Waals surface area contributed by atoms with Crippen LogP contribution in [-0.4, -0.2) is 11.1 Å². The van der Waals surface area contributed by atoms with Gasteiger partial charge in [-0.2, -0.15) is 0 Å². The lowest BCUT2D eigenvalue weighted by Crippen LogP contribution is -2.11. The maximum Gasteiger partial charge on any atom is 0.335 e. The molecule has 0 bridgehead atoms. The fourth-order valence-corrected chi connectivity index (χ4v) is 3.36. The van der Waals surface area contributed by atoms with Crippen molar-refractivity contribution < 1.29 is 9.90 Å². The van der Waals surface area contributed by atoms with Crippen LogP contribution in [-0.2, 0) is 0 Å². The second-order valence-electron chi connectivity index (χ2n) is 6.88. The summed E-state index contributed by atoms with van der Waals surface area (Å²) in [6, 6.07) is 19.9. The Balaban J connectivity index is 2.19. The van der Waals surface area contributed by atoms with E-state index in [1.54, 1.807) is 12.1 Å². The topological polar surface area (TPSA) is 40.5 Å². The summed E-state index contributed by atoms with van der Waals surface area (Å²) in [7, 11) is 0. The fourth-order valence-electron chi connectivity index (χ4n) is 3.36. The summed E-state index contributed by atoms with van der Waals surface area (Å²) >= 11 is 0. The molecule has 0 unspecified atom stereocenters. The molecule has 0 aliphatic rings. The summed E-state index contributed by atoms with van der Waals surface area (Å²) < 4.78 is 0. The van der Waals surface area contributed by atoms with E-state index in [0.717, 1.165) is 17.1 Å². The van der Waals surface area contributed by atoms with Gasteiger partial charge in [-0.25, -0.2) is 4.79 Å². The number of carbonyl (C=O) groups is 1. The van der Waals surface area contributed by atoms with Crippen molar-refractivity contribution in [3.63, 3.8) is 0 Å². The molecule has 3 aromatic carbocycles. The molecule has 1 N–H and O–H groups in total. The van der Waals surface area contributed by atoms with E-state index in [2.05, 4.69) is 69.0 Å².